The van der Waals surface area contributed by atoms with E-state index in [1.54, 1.807) is 5.06 Å². The molecule has 162 valence electrons. The molecule has 27 heavy (non-hydrogen) atoms. The zero-order valence-corrected chi connectivity index (χ0v) is 18.7. The highest BCUT2D eigenvalue weighted by Crippen LogP contribution is 2.24. The zero-order chi connectivity index (χ0) is 19.4. The molecule has 0 saturated heterocycles. The zero-order valence-electron chi connectivity index (χ0n) is 18.7. The first-order valence-corrected chi connectivity index (χ1v) is 12.8. The van der Waals surface area contributed by atoms with Crippen LogP contribution in [0, 0.1) is 5.92 Å². The summed E-state index contributed by atoms with van der Waals surface area (Å²) in [6, 6.07) is 0. The van der Waals surface area contributed by atoms with Crippen LogP contribution in [0.1, 0.15) is 142 Å². The molecule has 0 atom stereocenters. The first kappa shape index (κ1) is 25.0. The number of hydrogen-bond donors (Lipinski definition) is 1. The van der Waals surface area contributed by atoms with E-state index >= 15 is 0 Å². The summed E-state index contributed by atoms with van der Waals surface area (Å²) in [5, 5.41) is 11.7. The predicted molar refractivity (Wildman–Crippen MR) is 119 cm³/mol. The minimum Gasteiger partial charge on any atom is -0.314 e. The molecule has 2 heteroatoms. The molecule has 0 amide bonds. The van der Waals surface area contributed by atoms with E-state index < -0.39 is 0 Å². The molecular formula is C25H51NO. The predicted octanol–water partition coefficient (Wildman–Crippen LogP) is 8.52. The molecule has 0 aromatic heterocycles. The molecule has 0 bridgehead atoms. The Morgan fingerprint density at radius 1 is 0.593 bits per heavy atom. The average molecular weight is 382 g/mol. The van der Waals surface area contributed by atoms with Gasteiger partial charge in [-0.1, -0.05) is 122 Å². The third-order valence-electron chi connectivity index (χ3n) is 6.46. The minimum atomic E-state index is 0.754. The van der Waals surface area contributed by atoms with Crippen LogP contribution in [0.2, 0.25) is 0 Å². The van der Waals surface area contributed by atoms with E-state index in [0.29, 0.717) is 0 Å². The normalized spacial score (nSPS) is 15.7. The van der Waals surface area contributed by atoms with Gasteiger partial charge in [0.15, 0.2) is 0 Å². The second-order valence-corrected chi connectivity index (χ2v) is 9.22. The van der Waals surface area contributed by atoms with Crippen molar-refractivity contribution in [2.75, 3.05) is 13.1 Å². The van der Waals surface area contributed by atoms with Crippen LogP contribution in [0.3, 0.4) is 0 Å². The van der Waals surface area contributed by atoms with E-state index in [0.717, 1.165) is 19.0 Å². The van der Waals surface area contributed by atoms with Crippen LogP contribution < -0.4 is 0 Å². The molecule has 0 heterocycles. The van der Waals surface area contributed by atoms with E-state index in [1.807, 2.05) is 0 Å². The van der Waals surface area contributed by atoms with Gasteiger partial charge in [-0.05, 0) is 25.2 Å². The fourth-order valence-corrected chi connectivity index (χ4v) is 4.60. The molecule has 1 aliphatic rings. The van der Waals surface area contributed by atoms with E-state index in [-0.39, 0.29) is 0 Å². The van der Waals surface area contributed by atoms with Crippen LogP contribution in [-0.4, -0.2) is 23.4 Å². The Balaban J connectivity index is 1.71. The van der Waals surface area contributed by atoms with Crippen molar-refractivity contribution < 1.29 is 5.21 Å². The fraction of sp³-hybridized carbons (Fsp3) is 1.00. The van der Waals surface area contributed by atoms with E-state index in [2.05, 4.69) is 6.92 Å². The van der Waals surface area contributed by atoms with Crippen molar-refractivity contribution in [2.24, 2.45) is 5.92 Å². The summed E-state index contributed by atoms with van der Waals surface area (Å²) in [4.78, 5) is 0. The summed E-state index contributed by atoms with van der Waals surface area (Å²) in [6.07, 6.45) is 29.3. The van der Waals surface area contributed by atoms with Gasteiger partial charge >= 0.3 is 0 Å². The highest BCUT2D eigenvalue weighted by atomic mass is 16.5. The molecule has 0 aromatic rings. The Morgan fingerprint density at radius 2 is 1.00 bits per heavy atom. The van der Waals surface area contributed by atoms with E-state index in [4.69, 9.17) is 0 Å². The third kappa shape index (κ3) is 16.6. The van der Waals surface area contributed by atoms with Crippen LogP contribution in [-0.2, 0) is 0 Å². The standard InChI is InChI=1S/C25H51NO/c1-2-3-4-5-6-7-8-9-10-11-12-13-14-15-16-20-23-26(27)24-25-21-18-17-19-22-25/h25,27H,2-24H2,1H3. The topological polar surface area (TPSA) is 23.5 Å². The van der Waals surface area contributed by atoms with Crippen molar-refractivity contribution in [1.82, 2.24) is 5.06 Å². The molecule has 2 nitrogen and oxygen atoms in total. The third-order valence-corrected chi connectivity index (χ3v) is 6.46. The SMILES string of the molecule is CCCCCCCCCCCCCCCCCCN(O)CC1CCCCC1. The molecule has 0 unspecified atom stereocenters. The summed E-state index contributed by atoms with van der Waals surface area (Å²) in [6.45, 7) is 4.09. The van der Waals surface area contributed by atoms with Gasteiger partial charge in [-0.3, -0.25) is 0 Å². The first-order chi connectivity index (χ1) is 13.3. The van der Waals surface area contributed by atoms with Crippen LogP contribution in [0.15, 0.2) is 0 Å². The van der Waals surface area contributed by atoms with Gasteiger partial charge in [0, 0.05) is 13.1 Å². The number of hydrogen-bond acceptors (Lipinski definition) is 2. The van der Waals surface area contributed by atoms with Crippen molar-refractivity contribution in [3.05, 3.63) is 0 Å². The number of unbranched alkanes of at least 4 members (excludes halogenated alkanes) is 15. The van der Waals surface area contributed by atoms with Crippen molar-refractivity contribution in [1.29, 1.82) is 0 Å². The Labute approximate surface area is 171 Å². The van der Waals surface area contributed by atoms with Crippen LogP contribution in [0.4, 0.5) is 0 Å². The van der Waals surface area contributed by atoms with E-state index in [9.17, 15) is 5.21 Å². The van der Waals surface area contributed by atoms with Gasteiger partial charge in [-0.2, -0.15) is 5.06 Å². The summed E-state index contributed by atoms with van der Waals surface area (Å²) in [7, 11) is 0. The maximum absolute atomic E-state index is 10.0. The Morgan fingerprint density at radius 3 is 1.44 bits per heavy atom. The molecule has 1 fully saturated rings. The lowest BCUT2D eigenvalue weighted by molar-refractivity contribution is -0.105. The molecule has 0 aliphatic heterocycles. The fourth-order valence-electron chi connectivity index (χ4n) is 4.60. The summed E-state index contributed by atoms with van der Waals surface area (Å²) in [5.74, 6) is 0.754. The first-order valence-electron chi connectivity index (χ1n) is 12.8. The van der Waals surface area contributed by atoms with Crippen LogP contribution in [0.25, 0.3) is 0 Å². The van der Waals surface area contributed by atoms with Crippen LogP contribution in [0.5, 0.6) is 0 Å². The van der Waals surface area contributed by atoms with E-state index in [1.165, 1.54) is 135 Å². The van der Waals surface area contributed by atoms with Crippen LogP contribution >= 0.6 is 0 Å². The number of rotatable bonds is 19. The Bertz CT molecular complexity index is 288. The maximum atomic E-state index is 10.0. The molecule has 1 N–H and O–H groups in total. The second-order valence-electron chi connectivity index (χ2n) is 9.22. The molecule has 0 radical (unpaired) electrons. The maximum Gasteiger partial charge on any atom is 0.0266 e. The Hall–Kier alpha value is -0.0800. The molecular weight excluding hydrogens is 330 g/mol. The lowest BCUT2D eigenvalue weighted by Crippen LogP contribution is -2.28. The number of nitrogens with zero attached hydrogens (tertiary/aromatic N) is 1. The number of hydroxylamine groups is 2. The quantitative estimate of drug-likeness (QED) is 0.179. The minimum absolute atomic E-state index is 0.754. The summed E-state index contributed by atoms with van der Waals surface area (Å²) < 4.78 is 0. The van der Waals surface area contributed by atoms with Crippen molar-refractivity contribution in [2.45, 2.75) is 142 Å². The summed E-state index contributed by atoms with van der Waals surface area (Å²) >= 11 is 0. The largest absolute Gasteiger partial charge is 0.314 e. The highest BCUT2D eigenvalue weighted by molar-refractivity contribution is 4.67. The molecule has 0 spiro atoms. The lowest BCUT2D eigenvalue weighted by Gasteiger charge is -2.25. The Kier molecular flexibility index (Phi) is 17.8. The summed E-state index contributed by atoms with van der Waals surface area (Å²) in [5.41, 5.74) is 0. The van der Waals surface area contributed by atoms with Gasteiger partial charge in [-0.15, -0.1) is 0 Å². The molecule has 0 aromatic carbocycles. The van der Waals surface area contributed by atoms with Gasteiger partial charge in [0.2, 0.25) is 0 Å². The monoisotopic (exact) mass is 381 g/mol. The average Bonchev–Trinajstić information content (AvgIpc) is 2.68. The highest BCUT2D eigenvalue weighted by Gasteiger charge is 2.15. The van der Waals surface area contributed by atoms with Gasteiger partial charge in [0.25, 0.3) is 0 Å². The van der Waals surface area contributed by atoms with Crippen molar-refractivity contribution in [3.8, 4) is 0 Å². The smallest absolute Gasteiger partial charge is 0.0266 e. The lowest BCUT2D eigenvalue weighted by atomic mass is 9.89. The van der Waals surface area contributed by atoms with Gasteiger partial charge in [-0.25, -0.2) is 0 Å². The molecule has 1 aliphatic carbocycles. The molecule has 1 saturated carbocycles. The van der Waals surface area contributed by atoms with Crippen molar-refractivity contribution >= 4 is 0 Å². The van der Waals surface area contributed by atoms with Gasteiger partial charge < -0.3 is 5.21 Å². The van der Waals surface area contributed by atoms with Gasteiger partial charge in [0.1, 0.15) is 0 Å². The molecule has 1 rings (SSSR count). The van der Waals surface area contributed by atoms with Gasteiger partial charge in [0.05, 0.1) is 0 Å². The second kappa shape index (κ2) is 19.2. The van der Waals surface area contributed by atoms with Crippen molar-refractivity contribution in [3.63, 3.8) is 0 Å².